The third-order valence-electron chi connectivity index (χ3n) is 5.24. The highest BCUT2D eigenvalue weighted by Crippen LogP contribution is 2.27. The summed E-state index contributed by atoms with van der Waals surface area (Å²) in [7, 11) is 0. The number of imidazole rings is 1. The van der Waals surface area contributed by atoms with E-state index in [1.165, 1.54) is 25.7 Å². The van der Waals surface area contributed by atoms with E-state index in [0.29, 0.717) is 31.2 Å². The van der Waals surface area contributed by atoms with Gasteiger partial charge in [0.05, 0.1) is 30.9 Å². The number of amides is 1. The van der Waals surface area contributed by atoms with E-state index in [1.54, 1.807) is 6.92 Å². The summed E-state index contributed by atoms with van der Waals surface area (Å²) in [6.45, 7) is 5.27. The van der Waals surface area contributed by atoms with Crippen LogP contribution in [-0.4, -0.2) is 45.1 Å². The van der Waals surface area contributed by atoms with Gasteiger partial charge in [0, 0.05) is 31.8 Å². The zero-order chi connectivity index (χ0) is 17.2. The Hall–Kier alpha value is -2.15. The first-order valence-electron chi connectivity index (χ1n) is 8.97. The van der Waals surface area contributed by atoms with Gasteiger partial charge in [0.2, 0.25) is 5.76 Å². The molecule has 0 aromatic carbocycles. The predicted molar refractivity (Wildman–Crippen MR) is 89.9 cm³/mol. The maximum atomic E-state index is 12.9. The Labute approximate surface area is 147 Å². The van der Waals surface area contributed by atoms with E-state index in [-0.39, 0.29) is 11.8 Å². The highest BCUT2D eigenvalue weighted by Gasteiger charge is 2.29. The number of carbonyl (C=O) groups excluding carboxylic acids is 1. The van der Waals surface area contributed by atoms with Gasteiger partial charge < -0.3 is 18.6 Å². The molecule has 0 spiro atoms. The number of carbonyl (C=O) groups is 1. The van der Waals surface area contributed by atoms with Gasteiger partial charge in [0.25, 0.3) is 5.91 Å². The maximum Gasteiger partial charge on any atom is 0.291 e. The van der Waals surface area contributed by atoms with Crippen molar-refractivity contribution in [2.75, 3.05) is 19.8 Å². The third-order valence-corrected chi connectivity index (χ3v) is 5.24. The zero-order valence-corrected chi connectivity index (χ0v) is 14.6. The molecule has 3 heterocycles. The molecular formula is C18H24N4O3. The molecule has 7 nitrogen and oxygen atoms in total. The van der Waals surface area contributed by atoms with Gasteiger partial charge in [0.15, 0.2) is 6.39 Å². The minimum absolute atomic E-state index is 0.117. The molecule has 1 atom stereocenters. The van der Waals surface area contributed by atoms with E-state index >= 15 is 0 Å². The highest BCUT2D eigenvalue weighted by atomic mass is 16.5. The summed E-state index contributed by atoms with van der Waals surface area (Å²) in [5.41, 5.74) is 1.66. The Balaban J connectivity index is 1.46. The summed E-state index contributed by atoms with van der Waals surface area (Å²) in [5.74, 6) is 1.17. The molecule has 2 aromatic heterocycles. The van der Waals surface area contributed by atoms with Gasteiger partial charge in [-0.15, -0.1) is 0 Å². The Kier molecular flexibility index (Phi) is 4.57. The van der Waals surface area contributed by atoms with Crippen molar-refractivity contribution in [2.24, 2.45) is 11.8 Å². The summed E-state index contributed by atoms with van der Waals surface area (Å²) in [6.07, 6.45) is 8.88. The summed E-state index contributed by atoms with van der Waals surface area (Å²) in [6, 6.07) is 0. The van der Waals surface area contributed by atoms with Crippen LogP contribution < -0.4 is 0 Å². The normalized spacial score (nSPS) is 20.8. The molecular weight excluding hydrogens is 320 g/mol. The van der Waals surface area contributed by atoms with Crippen LogP contribution in [0.1, 0.15) is 41.2 Å². The second-order valence-corrected chi connectivity index (χ2v) is 7.19. The maximum absolute atomic E-state index is 12.9. The third kappa shape index (κ3) is 3.46. The summed E-state index contributed by atoms with van der Waals surface area (Å²) < 4.78 is 13.4. The van der Waals surface area contributed by atoms with Gasteiger partial charge in [-0.2, -0.15) is 0 Å². The van der Waals surface area contributed by atoms with Crippen LogP contribution in [0.25, 0.3) is 0 Å². The molecule has 1 saturated carbocycles. The number of rotatable bonds is 5. The van der Waals surface area contributed by atoms with E-state index in [4.69, 9.17) is 9.15 Å². The van der Waals surface area contributed by atoms with Crippen molar-refractivity contribution in [3.8, 4) is 0 Å². The van der Waals surface area contributed by atoms with Crippen LogP contribution in [0.3, 0.4) is 0 Å². The standard InChI is InChI=1S/C18H24N4O3/c1-13-17(25-12-20-13)18(23)21-6-15(10-24-9-14-3-2-4-14)7-22-11-19-5-16(22)8-21/h5,11-12,14-15H,2-4,6-10H2,1H3. The first-order chi connectivity index (χ1) is 12.2. The first-order valence-corrected chi connectivity index (χ1v) is 8.97. The average Bonchev–Trinajstić information content (AvgIpc) is 3.13. The molecule has 1 fully saturated rings. The number of aryl methyl sites for hydroxylation is 1. The molecule has 0 N–H and O–H groups in total. The van der Waals surface area contributed by atoms with Crippen molar-refractivity contribution < 1.29 is 13.9 Å². The molecule has 2 aromatic rings. The fourth-order valence-corrected chi connectivity index (χ4v) is 3.52. The van der Waals surface area contributed by atoms with E-state index in [2.05, 4.69) is 14.5 Å². The molecule has 2 aliphatic rings. The number of fused-ring (bicyclic) bond motifs is 1. The highest BCUT2D eigenvalue weighted by molar-refractivity contribution is 5.92. The largest absolute Gasteiger partial charge is 0.438 e. The minimum Gasteiger partial charge on any atom is -0.438 e. The fourth-order valence-electron chi connectivity index (χ4n) is 3.52. The zero-order valence-electron chi connectivity index (χ0n) is 14.6. The van der Waals surface area contributed by atoms with Gasteiger partial charge in [-0.25, -0.2) is 9.97 Å². The topological polar surface area (TPSA) is 73.4 Å². The van der Waals surface area contributed by atoms with Gasteiger partial charge in [-0.1, -0.05) is 6.42 Å². The molecule has 25 heavy (non-hydrogen) atoms. The number of nitrogens with zero attached hydrogens (tertiary/aromatic N) is 4. The Morgan fingerprint density at radius 3 is 2.88 bits per heavy atom. The van der Waals surface area contributed by atoms with Gasteiger partial charge in [0.1, 0.15) is 0 Å². The fraction of sp³-hybridized carbons (Fsp3) is 0.611. The van der Waals surface area contributed by atoms with Crippen molar-refractivity contribution in [3.05, 3.63) is 36.1 Å². The number of oxazole rings is 1. The van der Waals surface area contributed by atoms with Crippen LogP contribution in [0.15, 0.2) is 23.3 Å². The lowest BCUT2D eigenvalue weighted by molar-refractivity contribution is 0.0339. The summed E-state index contributed by atoms with van der Waals surface area (Å²) in [5, 5.41) is 0. The molecule has 1 aliphatic heterocycles. The number of ether oxygens (including phenoxy) is 1. The second kappa shape index (κ2) is 7.00. The molecule has 134 valence electrons. The van der Waals surface area contributed by atoms with E-state index in [0.717, 1.165) is 24.8 Å². The molecule has 0 bridgehead atoms. The molecule has 1 unspecified atom stereocenters. The predicted octanol–water partition coefficient (Wildman–Crippen LogP) is 2.27. The monoisotopic (exact) mass is 344 g/mol. The van der Waals surface area contributed by atoms with Gasteiger partial charge >= 0.3 is 0 Å². The van der Waals surface area contributed by atoms with Crippen LogP contribution in [0, 0.1) is 18.8 Å². The van der Waals surface area contributed by atoms with Gasteiger partial charge in [-0.3, -0.25) is 4.79 Å². The molecule has 0 radical (unpaired) electrons. The molecule has 0 saturated heterocycles. The van der Waals surface area contributed by atoms with E-state index in [9.17, 15) is 4.79 Å². The molecule has 7 heteroatoms. The van der Waals surface area contributed by atoms with Crippen LogP contribution in [0.2, 0.25) is 0 Å². The van der Waals surface area contributed by atoms with E-state index in [1.807, 2.05) is 17.4 Å². The van der Waals surface area contributed by atoms with Crippen molar-refractivity contribution in [2.45, 2.75) is 39.3 Å². The van der Waals surface area contributed by atoms with E-state index < -0.39 is 0 Å². The second-order valence-electron chi connectivity index (χ2n) is 7.19. The number of hydrogen-bond acceptors (Lipinski definition) is 5. The number of aromatic nitrogens is 3. The van der Waals surface area contributed by atoms with Crippen LogP contribution >= 0.6 is 0 Å². The Morgan fingerprint density at radius 1 is 1.32 bits per heavy atom. The number of hydrogen-bond donors (Lipinski definition) is 0. The van der Waals surface area contributed by atoms with Crippen molar-refractivity contribution in [1.82, 2.24) is 19.4 Å². The smallest absolute Gasteiger partial charge is 0.291 e. The lowest BCUT2D eigenvalue weighted by Crippen LogP contribution is -2.35. The molecule has 4 rings (SSSR count). The summed E-state index contributed by atoms with van der Waals surface area (Å²) >= 11 is 0. The molecule has 1 amide bonds. The Bertz CT molecular complexity index is 734. The molecule has 1 aliphatic carbocycles. The van der Waals surface area contributed by atoms with Crippen molar-refractivity contribution in [1.29, 1.82) is 0 Å². The SMILES string of the molecule is Cc1ncoc1C(=O)N1Cc2cncn2CC(COCC2CCC2)C1. The minimum atomic E-state index is -0.117. The average molecular weight is 344 g/mol. The van der Waals surface area contributed by atoms with Crippen LogP contribution in [0.4, 0.5) is 0 Å². The van der Waals surface area contributed by atoms with Crippen LogP contribution in [0.5, 0.6) is 0 Å². The van der Waals surface area contributed by atoms with Crippen LogP contribution in [-0.2, 0) is 17.8 Å². The Morgan fingerprint density at radius 2 is 2.16 bits per heavy atom. The van der Waals surface area contributed by atoms with Crippen molar-refractivity contribution in [3.63, 3.8) is 0 Å². The quantitative estimate of drug-likeness (QED) is 0.832. The lowest BCUT2D eigenvalue weighted by atomic mass is 9.86. The summed E-state index contributed by atoms with van der Waals surface area (Å²) in [4.78, 5) is 23.0. The van der Waals surface area contributed by atoms with Crippen molar-refractivity contribution >= 4 is 5.91 Å². The van der Waals surface area contributed by atoms with Gasteiger partial charge in [-0.05, 0) is 25.7 Å². The first kappa shape index (κ1) is 16.3. The lowest BCUT2D eigenvalue weighted by Gasteiger charge is -2.27.